The van der Waals surface area contributed by atoms with Gasteiger partial charge in [0.15, 0.2) is 0 Å². The Hall–Kier alpha value is -3.86. The third-order valence-corrected chi connectivity index (χ3v) is 8.83. The second-order valence-corrected chi connectivity index (χ2v) is 11.5. The molecule has 0 N–H and O–H groups in total. The lowest BCUT2D eigenvalue weighted by molar-refractivity contribution is 0.0174. The smallest absolute Gasteiger partial charge is 0.409 e. The molecule has 0 bridgehead atoms. The lowest BCUT2D eigenvalue weighted by atomic mass is 9.94. The summed E-state index contributed by atoms with van der Waals surface area (Å²) in [6.45, 7) is 5.77. The molecule has 0 saturated carbocycles. The van der Waals surface area contributed by atoms with Crippen molar-refractivity contribution in [1.29, 1.82) is 0 Å². The molecular weight excluding hydrogens is 562 g/mol. The predicted molar refractivity (Wildman–Crippen MR) is 156 cm³/mol. The van der Waals surface area contributed by atoms with E-state index < -0.39 is 5.92 Å². The van der Waals surface area contributed by atoms with E-state index in [1.54, 1.807) is 40.3 Å². The molecule has 2 aromatic carbocycles. The van der Waals surface area contributed by atoms with Gasteiger partial charge in [-0.15, -0.1) is 11.3 Å². The quantitative estimate of drug-likeness (QED) is 0.356. The van der Waals surface area contributed by atoms with Crippen molar-refractivity contribution >= 4 is 29.2 Å². The maximum Gasteiger partial charge on any atom is 0.409 e. The van der Waals surface area contributed by atoms with Crippen LogP contribution in [0.5, 0.6) is 0 Å². The van der Waals surface area contributed by atoms with Gasteiger partial charge in [-0.1, -0.05) is 42.5 Å². The monoisotopic (exact) mass is 596 g/mol. The summed E-state index contributed by atoms with van der Waals surface area (Å²) in [5, 5.41) is 2.69. The number of amides is 3. The van der Waals surface area contributed by atoms with Gasteiger partial charge in [0, 0.05) is 68.6 Å². The van der Waals surface area contributed by atoms with E-state index in [2.05, 4.69) is 4.98 Å². The third-order valence-electron chi connectivity index (χ3n) is 7.83. The number of likely N-dealkylation sites (tertiary alicyclic amines) is 1. The van der Waals surface area contributed by atoms with Crippen molar-refractivity contribution in [2.24, 2.45) is 0 Å². The molecule has 8 nitrogen and oxygen atoms in total. The first kappa shape index (κ1) is 29.6. The minimum atomic E-state index is -2.93. The molecule has 2 aliphatic heterocycles. The Kier molecular flexibility index (Phi) is 8.86. The molecule has 42 heavy (non-hydrogen) atoms. The number of carbonyl (C=O) groups excluding carboxylic acids is 3. The number of ether oxygens (including phenoxy) is 1. The molecule has 5 rings (SSSR count). The van der Waals surface area contributed by atoms with E-state index in [0.29, 0.717) is 68.3 Å². The van der Waals surface area contributed by atoms with Crippen LogP contribution in [0.15, 0.2) is 53.9 Å². The van der Waals surface area contributed by atoms with E-state index in [1.807, 2.05) is 23.1 Å². The maximum absolute atomic E-state index is 13.7. The number of aromatic nitrogens is 1. The first-order valence-electron chi connectivity index (χ1n) is 14.2. The van der Waals surface area contributed by atoms with Gasteiger partial charge in [0.2, 0.25) is 0 Å². The van der Waals surface area contributed by atoms with Crippen LogP contribution in [-0.2, 0) is 10.7 Å². The summed E-state index contributed by atoms with van der Waals surface area (Å²) in [5.41, 5.74) is 2.31. The Balaban J connectivity index is 1.18. The summed E-state index contributed by atoms with van der Waals surface area (Å²) >= 11 is 1.47. The minimum Gasteiger partial charge on any atom is -0.450 e. The zero-order valence-corrected chi connectivity index (χ0v) is 24.5. The summed E-state index contributed by atoms with van der Waals surface area (Å²) in [6, 6.07) is 13.3. The Labute approximate surface area is 247 Å². The molecule has 0 radical (unpaired) electrons. The van der Waals surface area contributed by atoms with E-state index in [1.165, 1.54) is 23.5 Å². The number of nitrogens with zero attached hydrogens (tertiary/aromatic N) is 4. The van der Waals surface area contributed by atoms with E-state index in [4.69, 9.17) is 4.74 Å². The summed E-state index contributed by atoms with van der Waals surface area (Å²) in [6.07, 6.45) is 1.10. The van der Waals surface area contributed by atoms with Crippen molar-refractivity contribution in [1.82, 2.24) is 19.7 Å². The molecule has 2 fully saturated rings. The van der Waals surface area contributed by atoms with Gasteiger partial charge in [-0.05, 0) is 37.0 Å². The number of hydrogen-bond acceptors (Lipinski definition) is 6. The number of halogens is 2. The zero-order chi connectivity index (χ0) is 29.9. The van der Waals surface area contributed by atoms with Gasteiger partial charge in [-0.3, -0.25) is 9.59 Å². The Morgan fingerprint density at radius 1 is 0.905 bits per heavy atom. The first-order chi connectivity index (χ1) is 20.2. The minimum absolute atomic E-state index is 0.0688. The van der Waals surface area contributed by atoms with Crippen LogP contribution in [-0.4, -0.2) is 83.5 Å². The predicted octanol–water partition coefficient (Wildman–Crippen LogP) is 5.86. The lowest BCUT2D eigenvalue weighted by Crippen LogP contribution is -2.50. The zero-order valence-electron chi connectivity index (χ0n) is 23.7. The topological polar surface area (TPSA) is 83.0 Å². The number of benzene rings is 2. The number of piperazine rings is 1. The molecule has 1 aromatic heterocycles. The molecule has 3 heterocycles. The van der Waals surface area contributed by atoms with Gasteiger partial charge < -0.3 is 19.4 Å². The van der Waals surface area contributed by atoms with Crippen LogP contribution in [0, 0.1) is 0 Å². The maximum atomic E-state index is 13.7. The van der Waals surface area contributed by atoms with Gasteiger partial charge in [0.1, 0.15) is 5.69 Å². The molecule has 11 heteroatoms. The number of rotatable bonds is 6. The summed E-state index contributed by atoms with van der Waals surface area (Å²) in [7, 11) is 0. The molecule has 0 unspecified atom stereocenters. The highest BCUT2D eigenvalue weighted by molar-refractivity contribution is 7.09. The average Bonchev–Trinajstić information content (AvgIpc) is 3.51. The van der Waals surface area contributed by atoms with Gasteiger partial charge >= 0.3 is 6.09 Å². The fourth-order valence-electron chi connectivity index (χ4n) is 5.41. The van der Waals surface area contributed by atoms with Crippen LogP contribution in [0.2, 0.25) is 0 Å². The van der Waals surface area contributed by atoms with Crippen molar-refractivity contribution in [3.8, 4) is 11.1 Å². The normalized spacial score (nSPS) is 16.4. The van der Waals surface area contributed by atoms with Crippen LogP contribution in [0.4, 0.5) is 13.6 Å². The molecule has 2 saturated heterocycles. The number of piperidine rings is 1. The van der Waals surface area contributed by atoms with Crippen molar-refractivity contribution in [2.45, 2.75) is 38.5 Å². The highest BCUT2D eigenvalue weighted by atomic mass is 32.1. The second-order valence-electron chi connectivity index (χ2n) is 10.6. The summed E-state index contributed by atoms with van der Waals surface area (Å²) in [5.74, 6) is -3.00. The largest absolute Gasteiger partial charge is 0.450 e. The highest BCUT2D eigenvalue weighted by Gasteiger charge is 2.30. The lowest BCUT2D eigenvalue weighted by Gasteiger charge is -2.33. The Morgan fingerprint density at radius 2 is 1.52 bits per heavy atom. The average molecular weight is 597 g/mol. The van der Waals surface area contributed by atoms with Crippen molar-refractivity contribution in [3.63, 3.8) is 0 Å². The van der Waals surface area contributed by atoms with Crippen molar-refractivity contribution < 1.29 is 27.9 Å². The van der Waals surface area contributed by atoms with E-state index in [-0.39, 0.29) is 29.4 Å². The highest BCUT2D eigenvalue weighted by Crippen LogP contribution is 2.34. The molecule has 0 spiro atoms. The van der Waals surface area contributed by atoms with E-state index in [9.17, 15) is 23.2 Å². The molecule has 222 valence electrons. The number of carbonyl (C=O) groups is 3. The number of alkyl halides is 2. The standard InChI is InChI=1S/C31H34F2N4O4S/c1-3-41-30(40)37-18-16-36(17-19-37)29(39)26-20-42-27(34-26)22-12-14-35(15-13-22)28(38)25-7-5-4-6-24(25)21-8-10-23(11-9-21)31(2,32)33/h4-11,20,22H,3,12-19H2,1-2H3. The fraction of sp³-hybridized carbons (Fsp3) is 0.419. The Morgan fingerprint density at radius 3 is 2.17 bits per heavy atom. The molecule has 3 amide bonds. The second kappa shape index (κ2) is 12.6. The van der Waals surface area contributed by atoms with Crippen LogP contribution in [0.3, 0.4) is 0 Å². The molecule has 0 atom stereocenters. The molecule has 3 aromatic rings. The third kappa shape index (κ3) is 6.46. The van der Waals surface area contributed by atoms with Crippen LogP contribution in [0.25, 0.3) is 11.1 Å². The molecule has 2 aliphatic rings. The fourth-order valence-corrected chi connectivity index (χ4v) is 6.37. The van der Waals surface area contributed by atoms with Crippen LogP contribution < -0.4 is 0 Å². The van der Waals surface area contributed by atoms with Crippen molar-refractivity contribution in [2.75, 3.05) is 45.9 Å². The van der Waals surface area contributed by atoms with Gasteiger partial charge in [0.25, 0.3) is 17.7 Å². The number of thiazole rings is 1. The van der Waals surface area contributed by atoms with E-state index in [0.717, 1.165) is 24.8 Å². The number of hydrogen-bond donors (Lipinski definition) is 0. The molecular formula is C31H34F2N4O4S. The van der Waals surface area contributed by atoms with Crippen LogP contribution >= 0.6 is 11.3 Å². The van der Waals surface area contributed by atoms with E-state index >= 15 is 0 Å². The summed E-state index contributed by atoms with van der Waals surface area (Å²) < 4.78 is 32.4. The van der Waals surface area contributed by atoms with Gasteiger partial charge in [-0.25, -0.2) is 18.6 Å². The SMILES string of the molecule is CCOC(=O)N1CCN(C(=O)c2csc(C3CCN(C(=O)c4ccccc4-c4ccc(C(C)(F)F)cc4)CC3)n2)CC1. The van der Waals surface area contributed by atoms with Crippen LogP contribution in [0.1, 0.15) is 64.0 Å². The van der Waals surface area contributed by atoms with Gasteiger partial charge in [-0.2, -0.15) is 0 Å². The first-order valence-corrected chi connectivity index (χ1v) is 15.1. The van der Waals surface area contributed by atoms with Crippen molar-refractivity contribution in [3.05, 3.63) is 75.7 Å². The Bertz CT molecular complexity index is 1420. The summed E-state index contributed by atoms with van der Waals surface area (Å²) in [4.78, 5) is 48.4. The molecule has 0 aliphatic carbocycles. The van der Waals surface area contributed by atoms with Gasteiger partial charge in [0.05, 0.1) is 11.6 Å².